The van der Waals surface area contributed by atoms with Gasteiger partial charge in [-0.3, -0.25) is 4.90 Å². The van der Waals surface area contributed by atoms with E-state index in [2.05, 4.69) is 18.7 Å². The Labute approximate surface area is 69.8 Å². The van der Waals surface area contributed by atoms with Gasteiger partial charge in [-0.15, -0.1) is 0 Å². The van der Waals surface area contributed by atoms with Gasteiger partial charge in [0.2, 0.25) is 0 Å². The van der Waals surface area contributed by atoms with Crippen molar-refractivity contribution in [1.82, 2.24) is 4.90 Å². The molecule has 0 amide bonds. The Hall–Kier alpha value is -0.0400. The standard InChI is InChI=1S/C10H19N/c1-8(2)3-4-9-5-6-10-7-11(9)10/h8-10H,3-7H2,1-2H3. The number of nitrogens with zero attached hydrogens (tertiary/aromatic N) is 1. The third-order valence-electron chi connectivity index (χ3n) is 3.14. The molecule has 2 heterocycles. The van der Waals surface area contributed by atoms with E-state index in [0.29, 0.717) is 0 Å². The van der Waals surface area contributed by atoms with Crippen LogP contribution in [0.2, 0.25) is 0 Å². The number of rotatable bonds is 3. The Morgan fingerprint density at radius 3 is 2.64 bits per heavy atom. The Balaban J connectivity index is 1.70. The van der Waals surface area contributed by atoms with Crippen LogP contribution >= 0.6 is 0 Å². The van der Waals surface area contributed by atoms with Gasteiger partial charge in [-0.2, -0.15) is 0 Å². The summed E-state index contributed by atoms with van der Waals surface area (Å²) >= 11 is 0. The summed E-state index contributed by atoms with van der Waals surface area (Å²) in [6.45, 7) is 6.08. The fraction of sp³-hybridized carbons (Fsp3) is 1.00. The minimum atomic E-state index is 0.897. The van der Waals surface area contributed by atoms with Crippen molar-refractivity contribution in [2.24, 2.45) is 5.92 Å². The van der Waals surface area contributed by atoms with E-state index >= 15 is 0 Å². The highest BCUT2D eigenvalue weighted by atomic mass is 15.3. The van der Waals surface area contributed by atoms with E-state index < -0.39 is 0 Å². The van der Waals surface area contributed by atoms with E-state index in [1.807, 2.05) is 0 Å². The van der Waals surface area contributed by atoms with Crippen molar-refractivity contribution >= 4 is 0 Å². The number of piperidine rings is 1. The van der Waals surface area contributed by atoms with Gasteiger partial charge in [0.15, 0.2) is 0 Å². The number of hydrogen-bond acceptors (Lipinski definition) is 1. The van der Waals surface area contributed by atoms with Crippen molar-refractivity contribution in [2.75, 3.05) is 6.54 Å². The van der Waals surface area contributed by atoms with Gasteiger partial charge < -0.3 is 0 Å². The highest BCUT2D eigenvalue weighted by Crippen LogP contribution is 2.37. The topological polar surface area (TPSA) is 3.01 Å². The van der Waals surface area contributed by atoms with Gasteiger partial charge in [-0.25, -0.2) is 0 Å². The largest absolute Gasteiger partial charge is 0.295 e. The van der Waals surface area contributed by atoms with Gasteiger partial charge in [0.25, 0.3) is 0 Å². The summed E-state index contributed by atoms with van der Waals surface area (Å²) in [7, 11) is 0. The third kappa shape index (κ3) is 1.58. The molecule has 0 aliphatic carbocycles. The molecule has 3 unspecified atom stereocenters. The fourth-order valence-corrected chi connectivity index (χ4v) is 2.29. The molecule has 2 aliphatic rings. The minimum absolute atomic E-state index is 0.897. The molecular weight excluding hydrogens is 134 g/mol. The SMILES string of the molecule is CC(C)CCC1CCC2CN12. The van der Waals surface area contributed by atoms with Crippen molar-refractivity contribution in [3.63, 3.8) is 0 Å². The lowest BCUT2D eigenvalue weighted by Gasteiger charge is -2.13. The zero-order chi connectivity index (χ0) is 7.84. The molecule has 3 atom stereocenters. The van der Waals surface area contributed by atoms with Crippen LogP contribution in [0, 0.1) is 5.92 Å². The molecule has 2 aliphatic heterocycles. The lowest BCUT2D eigenvalue weighted by molar-refractivity contribution is 0.367. The highest BCUT2D eigenvalue weighted by molar-refractivity contribution is 5.00. The van der Waals surface area contributed by atoms with Gasteiger partial charge in [0.05, 0.1) is 0 Å². The summed E-state index contributed by atoms with van der Waals surface area (Å²) in [4.78, 5) is 2.68. The smallest absolute Gasteiger partial charge is 0.0227 e. The number of fused-ring (bicyclic) bond motifs is 1. The molecule has 2 rings (SSSR count). The summed E-state index contributed by atoms with van der Waals surface area (Å²) in [5.41, 5.74) is 0. The zero-order valence-electron chi connectivity index (χ0n) is 7.71. The van der Waals surface area contributed by atoms with Gasteiger partial charge >= 0.3 is 0 Å². The molecule has 2 fully saturated rings. The minimum Gasteiger partial charge on any atom is -0.295 e. The van der Waals surface area contributed by atoms with Crippen molar-refractivity contribution in [3.8, 4) is 0 Å². The van der Waals surface area contributed by atoms with E-state index in [9.17, 15) is 0 Å². The molecule has 0 saturated carbocycles. The van der Waals surface area contributed by atoms with Crippen LogP contribution in [0.3, 0.4) is 0 Å². The first-order valence-electron chi connectivity index (χ1n) is 5.03. The first-order chi connectivity index (χ1) is 5.27. The predicted octanol–water partition coefficient (Wildman–Crippen LogP) is 2.27. The van der Waals surface area contributed by atoms with Crippen molar-refractivity contribution in [3.05, 3.63) is 0 Å². The molecule has 0 aromatic carbocycles. The molecule has 1 nitrogen and oxygen atoms in total. The van der Waals surface area contributed by atoms with Gasteiger partial charge in [0.1, 0.15) is 0 Å². The predicted molar refractivity (Wildman–Crippen MR) is 47.6 cm³/mol. The lowest BCUT2D eigenvalue weighted by atomic mass is 10.0. The normalized spacial score (nSPS) is 41.2. The van der Waals surface area contributed by atoms with Crippen LogP contribution in [0.4, 0.5) is 0 Å². The zero-order valence-corrected chi connectivity index (χ0v) is 7.71. The molecule has 2 saturated heterocycles. The van der Waals surface area contributed by atoms with Crippen molar-refractivity contribution in [1.29, 1.82) is 0 Å². The van der Waals surface area contributed by atoms with Crippen LogP contribution in [0.15, 0.2) is 0 Å². The first kappa shape index (κ1) is 7.60. The molecule has 64 valence electrons. The van der Waals surface area contributed by atoms with Crippen molar-refractivity contribution < 1.29 is 0 Å². The number of hydrogen-bond donors (Lipinski definition) is 0. The maximum Gasteiger partial charge on any atom is 0.0227 e. The van der Waals surface area contributed by atoms with Gasteiger partial charge in [-0.05, 0) is 31.6 Å². The van der Waals surface area contributed by atoms with E-state index in [4.69, 9.17) is 0 Å². The maximum absolute atomic E-state index is 2.68. The van der Waals surface area contributed by atoms with E-state index in [1.165, 1.54) is 32.2 Å². The Kier molecular flexibility index (Phi) is 1.92. The van der Waals surface area contributed by atoms with Gasteiger partial charge in [0, 0.05) is 18.6 Å². The Morgan fingerprint density at radius 1 is 1.36 bits per heavy atom. The molecule has 0 N–H and O–H groups in total. The lowest BCUT2D eigenvalue weighted by Crippen LogP contribution is -2.15. The van der Waals surface area contributed by atoms with E-state index in [0.717, 1.165) is 18.0 Å². The molecule has 0 radical (unpaired) electrons. The second-order valence-corrected chi connectivity index (χ2v) is 4.55. The maximum atomic E-state index is 2.68. The summed E-state index contributed by atoms with van der Waals surface area (Å²) in [5, 5.41) is 0. The summed E-state index contributed by atoms with van der Waals surface area (Å²) in [6.07, 6.45) is 5.85. The Bertz CT molecular complexity index is 142. The molecule has 0 spiro atoms. The molecule has 0 bridgehead atoms. The van der Waals surface area contributed by atoms with Crippen LogP contribution in [-0.2, 0) is 0 Å². The summed E-state index contributed by atoms with van der Waals surface area (Å²) in [5.74, 6) is 0.897. The second-order valence-electron chi connectivity index (χ2n) is 4.55. The summed E-state index contributed by atoms with van der Waals surface area (Å²) < 4.78 is 0. The second kappa shape index (κ2) is 2.78. The average molecular weight is 153 g/mol. The monoisotopic (exact) mass is 153 g/mol. The quantitative estimate of drug-likeness (QED) is 0.562. The van der Waals surface area contributed by atoms with Crippen LogP contribution in [0.5, 0.6) is 0 Å². The molecule has 1 heteroatoms. The summed E-state index contributed by atoms with van der Waals surface area (Å²) in [6, 6.07) is 1.99. The van der Waals surface area contributed by atoms with Crippen LogP contribution < -0.4 is 0 Å². The van der Waals surface area contributed by atoms with E-state index in [-0.39, 0.29) is 0 Å². The third-order valence-corrected chi connectivity index (χ3v) is 3.14. The molecule has 0 aromatic heterocycles. The van der Waals surface area contributed by atoms with Gasteiger partial charge in [-0.1, -0.05) is 13.8 Å². The Morgan fingerprint density at radius 2 is 2.18 bits per heavy atom. The average Bonchev–Trinajstić information content (AvgIpc) is 2.62. The first-order valence-corrected chi connectivity index (χ1v) is 5.03. The highest BCUT2D eigenvalue weighted by Gasteiger charge is 2.44. The molecular formula is C10H19N. The molecule has 11 heavy (non-hydrogen) atoms. The van der Waals surface area contributed by atoms with E-state index in [1.54, 1.807) is 0 Å². The van der Waals surface area contributed by atoms with Crippen LogP contribution in [0.1, 0.15) is 39.5 Å². The van der Waals surface area contributed by atoms with Crippen LogP contribution in [0.25, 0.3) is 0 Å². The van der Waals surface area contributed by atoms with Crippen molar-refractivity contribution in [2.45, 2.75) is 51.6 Å². The fourth-order valence-electron chi connectivity index (χ4n) is 2.29. The van der Waals surface area contributed by atoms with Crippen LogP contribution in [-0.4, -0.2) is 23.5 Å². The molecule has 0 aromatic rings.